The number of hydrogen-bond acceptors (Lipinski definition) is 5. The summed E-state index contributed by atoms with van der Waals surface area (Å²) >= 11 is 0. The largest absolute Gasteiger partial charge is 0.363 e. The van der Waals surface area contributed by atoms with E-state index in [0.29, 0.717) is 13.2 Å². The van der Waals surface area contributed by atoms with Crippen molar-refractivity contribution in [1.29, 1.82) is 0 Å². The number of ether oxygens (including phenoxy) is 1. The molecule has 2 rings (SSSR count). The average Bonchev–Trinajstić information content (AvgIpc) is 2.49. The molecule has 1 aromatic rings. The summed E-state index contributed by atoms with van der Waals surface area (Å²) in [6.07, 6.45) is 5.73. The van der Waals surface area contributed by atoms with Crippen LogP contribution in [-0.2, 0) is 22.5 Å². The molecule has 122 valence electrons. The molecule has 0 aromatic carbocycles. The summed E-state index contributed by atoms with van der Waals surface area (Å²) in [6, 6.07) is 0. The van der Waals surface area contributed by atoms with Crippen molar-refractivity contribution in [3.8, 4) is 0 Å². The van der Waals surface area contributed by atoms with E-state index < -0.39 is 5.60 Å². The highest BCUT2D eigenvalue weighted by molar-refractivity contribution is 5.84. The fourth-order valence-corrected chi connectivity index (χ4v) is 2.76. The Kier molecular flexibility index (Phi) is 5.47. The number of rotatable bonds is 5. The zero-order valence-electron chi connectivity index (χ0n) is 14.0. The first-order chi connectivity index (χ1) is 10.4. The van der Waals surface area contributed by atoms with Gasteiger partial charge in [-0.15, -0.1) is 0 Å². The molecule has 1 aliphatic rings. The van der Waals surface area contributed by atoms with E-state index >= 15 is 0 Å². The van der Waals surface area contributed by atoms with E-state index in [2.05, 4.69) is 21.8 Å². The second-order valence-corrected chi connectivity index (χ2v) is 6.25. The average molecular weight is 306 g/mol. The molecular weight excluding hydrogens is 280 g/mol. The summed E-state index contributed by atoms with van der Waals surface area (Å²) in [4.78, 5) is 24.9. The molecule has 1 fully saturated rings. The molecule has 22 heavy (non-hydrogen) atoms. The molecule has 1 aromatic heterocycles. The van der Waals surface area contributed by atoms with Crippen LogP contribution in [0.25, 0.3) is 0 Å². The zero-order valence-corrected chi connectivity index (χ0v) is 14.0. The summed E-state index contributed by atoms with van der Waals surface area (Å²) in [7, 11) is 3.52. The Hall–Kier alpha value is -1.53. The molecule has 1 amide bonds. The van der Waals surface area contributed by atoms with Crippen LogP contribution in [-0.4, -0.2) is 65.1 Å². The van der Waals surface area contributed by atoms with E-state index in [9.17, 15) is 4.79 Å². The third-order valence-electron chi connectivity index (χ3n) is 3.85. The molecule has 2 heterocycles. The highest BCUT2D eigenvalue weighted by Crippen LogP contribution is 2.21. The molecule has 0 N–H and O–H groups in total. The van der Waals surface area contributed by atoms with Crippen LogP contribution in [0.2, 0.25) is 0 Å². The van der Waals surface area contributed by atoms with Gasteiger partial charge in [-0.1, -0.05) is 6.92 Å². The van der Waals surface area contributed by atoms with Crippen molar-refractivity contribution in [3.05, 3.63) is 23.8 Å². The molecule has 6 nitrogen and oxygen atoms in total. The minimum atomic E-state index is -0.773. The van der Waals surface area contributed by atoms with E-state index in [-0.39, 0.29) is 5.91 Å². The summed E-state index contributed by atoms with van der Waals surface area (Å²) in [5.74, 6) is 0.896. The second-order valence-electron chi connectivity index (χ2n) is 6.25. The van der Waals surface area contributed by atoms with Gasteiger partial charge >= 0.3 is 0 Å². The van der Waals surface area contributed by atoms with Crippen LogP contribution in [0.5, 0.6) is 0 Å². The highest BCUT2D eigenvalue weighted by Gasteiger charge is 2.40. The molecule has 0 bridgehead atoms. The maximum Gasteiger partial charge on any atom is 0.255 e. The lowest BCUT2D eigenvalue weighted by molar-refractivity contribution is -0.165. The fraction of sp³-hybridized carbons (Fsp3) is 0.688. The Morgan fingerprint density at radius 1 is 1.41 bits per heavy atom. The molecule has 6 heteroatoms. The molecule has 0 saturated carbocycles. The smallest absolute Gasteiger partial charge is 0.255 e. The number of likely N-dealkylation sites (N-methyl/N-ethyl adjacent to an activating group) is 1. The summed E-state index contributed by atoms with van der Waals surface area (Å²) in [5, 5.41) is 0. The Balaban J connectivity index is 1.99. The molecule has 1 aliphatic heterocycles. The van der Waals surface area contributed by atoms with Crippen LogP contribution in [0.1, 0.15) is 31.7 Å². The Bertz CT molecular complexity index is 503. The van der Waals surface area contributed by atoms with Gasteiger partial charge in [-0.25, -0.2) is 9.97 Å². The SMILES string of the molecule is CCCc1ncc(CN2CCO[C@@](C)(C(=O)N(C)C)C2)cn1. The van der Waals surface area contributed by atoms with E-state index in [4.69, 9.17) is 4.74 Å². The van der Waals surface area contributed by atoms with Gasteiger partial charge in [-0.3, -0.25) is 9.69 Å². The molecule has 0 radical (unpaired) electrons. The predicted molar refractivity (Wildman–Crippen MR) is 84.4 cm³/mol. The molecule has 0 aliphatic carbocycles. The third-order valence-corrected chi connectivity index (χ3v) is 3.85. The van der Waals surface area contributed by atoms with Gasteiger partial charge in [-0.05, 0) is 13.3 Å². The van der Waals surface area contributed by atoms with Gasteiger partial charge in [0.15, 0.2) is 5.60 Å². The zero-order chi connectivity index (χ0) is 16.2. The first-order valence-corrected chi connectivity index (χ1v) is 7.82. The summed E-state index contributed by atoms with van der Waals surface area (Å²) < 4.78 is 5.74. The van der Waals surface area contributed by atoms with Crippen molar-refractivity contribution in [3.63, 3.8) is 0 Å². The standard InChI is InChI=1S/C16H26N4O2/c1-5-6-14-17-9-13(10-18-14)11-20-7-8-22-16(2,12-20)15(21)19(3)4/h9-10H,5-8,11-12H2,1-4H3/t16-/m1/s1. The lowest BCUT2D eigenvalue weighted by atomic mass is 10.0. The monoisotopic (exact) mass is 306 g/mol. The molecule has 0 spiro atoms. The normalized spacial score (nSPS) is 22.5. The Morgan fingerprint density at radius 3 is 2.68 bits per heavy atom. The van der Waals surface area contributed by atoms with Gasteiger partial charge < -0.3 is 9.64 Å². The topological polar surface area (TPSA) is 58.6 Å². The quantitative estimate of drug-likeness (QED) is 0.815. The van der Waals surface area contributed by atoms with E-state index in [1.165, 1.54) is 0 Å². The number of amides is 1. The minimum absolute atomic E-state index is 0.00624. The number of hydrogen-bond donors (Lipinski definition) is 0. The summed E-state index contributed by atoms with van der Waals surface area (Å²) in [6.45, 7) is 6.68. The van der Waals surface area contributed by atoms with Crippen LogP contribution < -0.4 is 0 Å². The first kappa shape index (κ1) is 16.8. The van der Waals surface area contributed by atoms with Crippen molar-refractivity contribution in [2.24, 2.45) is 0 Å². The van der Waals surface area contributed by atoms with Crippen LogP contribution in [0.4, 0.5) is 0 Å². The van der Waals surface area contributed by atoms with Crippen LogP contribution in [0.3, 0.4) is 0 Å². The number of aromatic nitrogens is 2. The summed E-state index contributed by atoms with van der Waals surface area (Å²) in [5.41, 5.74) is 0.298. The lowest BCUT2D eigenvalue weighted by Gasteiger charge is -2.40. The van der Waals surface area contributed by atoms with Gasteiger partial charge in [0, 0.05) is 58.1 Å². The Labute approximate surface area is 132 Å². The fourth-order valence-electron chi connectivity index (χ4n) is 2.76. The maximum absolute atomic E-state index is 12.3. The lowest BCUT2D eigenvalue weighted by Crippen LogP contribution is -2.57. The molecule has 1 atom stereocenters. The minimum Gasteiger partial charge on any atom is -0.363 e. The highest BCUT2D eigenvalue weighted by atomic mass is 16.5. The van der Waals surface area contributed by atoms with Gasteiger partial charge in [0.2, 0.25) is 0 Å². The second kappa shape index (κ2) is 7.15. The van der Waals surface area contributed by atoms with Crippen molar-refractivity contribution >= 4 is 5.91 Å². The Morgan fingerprint density at radius 2 is 2.09 bits per heavy atom. The molecular formula is C16H26N4O2. The maximum atomic E-state index is 12.3. The van der Waals surface area contributed by atoms with Crippen LogP contribution >= 0.6 is 0 Å². The van der Waals surface area contributed by atoms with Gasteiger partial charge in [0.25, 0.3) is 5.91 Å². The van der Waals surface area contributed by atoms with Crippen molar-refractivity contribution in [2.45, 2.75) is 38.8 Å². The van der Waals surface area contributed by atoms with Crippen molar-refractivity contribution in [1.82, 2.24) is 19.8 Å². The van der Waals surface area contributed by atoms with Crippen molar-refractivity contribution < 1.29 is 9.53 Å². The van der Waals surface area contributed by atoms with Gasteiger partial charge in [0.05, 0.1) is 6.61 Å². The van der Waals surface area contributed by atoms with E-state index in [0.717, 1.165) is 37.3 Å². The number of nitrogens with zero attached hydrogens (tertiary/aromatic N) is 4. The van der Waals surface area contributed by atoms with Crippen LogP contribution in [0.15, 0.2) is 12.4 Å². The first-order valence-electron chi connectivity index (χ1n) is 7.82. The number of carbonyl (C=O) groups excluding carboxylic acids is 1. The van der Waals surface area contributed by atoms with Crippen LogP contribution in [0, 0.1) is 0 Å². The van der Waals surface area contributed by atoms with Gasteiger partial charge in [0.1, 0.15) is 5.82 Å². The van der Waals surface area contributed by atoms with Crippen molar-refractivity contribution in [2.75, 3.05) is 33.8 Å². The molecule has 1 saturated heterocycles. The predicted octanol–water partition coefficient (Wildman–Crippen LogP) is 1.11. The van der Waals surface area contributed by atoms with E-state index in [1.54, 1.807) is 19.0 Å². The molecule has 0 unspecified atom stereocenters. The van der Waals surface area contributed by atoms with E-state index in [1.807, 2.05) is 19.3 Å². The number of morpholine rings is 1. The third kappa shape index (κ3) is 4.01. The number of carbonyl (C=O) groups is 1. The van der Waals surface area contributed by atoms with Gasteiger partial charge in [-0.2, -0.15) is 0 Å². The number of aryl methyl sites for hydroxylation is 1.